The second-order valence-electron chi connectivity index (χ2n) is 7.24. The summed E-state index contributed by atoms with van der Waals surface area (Å²) in [7, 11) is 0. The first-order valence-electron chi connectivity index (χ1n) is 8.92. The Balaban J connectivity index is 1.94. The minimum absolute atomic E-state index is 0.0745. The predicted octanol–water partition coefficient (Wildman–Crippen LogP) is 3.06. The smallest absolute Gasteiger partial charge is 0.306 e. The molecule has 0 atom stereocenters. The summed E-state index contributed by atoms with van der Waals surface area (Å²) in [6, 6.07) is 7.86. The fourth-order valence-corrected chi connectivity index (χ4v) is 3.25. The highest BCUT2D eigenvalue weighted by Crippen LogP contribution is 2.28. The molecule has 0 aliphatic heterocycles. The van der Waals surface area contributed by atoms with Crippen molar-refractivity contribution >= 4 is 11.9 Å². The fraction of sp³-hybridized carbons (Fsp3) is 0.579. The molecule has 0 heterocycles. The maximum Gasteiger partial charge on any atom is 0.306 e. The Hall–Kier alpha value is -2.24. The van der Waals surface area contributed by atoms with Gasteiger partial charge in [-0.2, -0.15) is 0 Å². The standard InChI is InChI=1S/C19H29N3O3/c1-13(2)11-22(19(20)21)12-14-4-3-5-17(10-14)25-16-8-6-15(7-9-16)18(23)24/h3-5,10,13,15-16H,6-9,11-12H2,1-2H3,(H3,20,21)(H,23,24). The van der Waals surface area contributed by atoms with Gasteiger partial charge in [0.15, 0.2) is 5.96 Å². The van der Waals surface area contributed by atoms with Crippen LogP contribution in [0, 0.1) is 17.2 Å². The number of benzene rings is 1. The Bertz CT molecular complexity index is 595. The van der Waals surface area contributed by atoms with E-state index < -0.39 is 5.97 Å². The molecule has 25 heavy (non-hydrogen) atoms. The van der Waals surface area contributed by atoms with Crippen LogP contribution in [0.4, 0.5) is 0 Å². The molecule has 6 heteroatoms. The van der Waals surface area contributed by atoms with Crippen molar-refractivity contribution < 1.29 is 14.6 Å². The fourth-order valence-electron chi connectivity index (χ4n) is 3.25. The van der Waals surface area contributed by atoms with Gasteiger partial charge in [0.25, 0.3) is 0 Å². The Morgan fingerprint density at radius 3 is 2.60 bits per heavy atom. The van der Waals surface area contributed by atoms with Crippen molar-refractivity contribution in [2.24, 2.45) is 17.6 Å². The summed E-state index contributed by atoms with van der Waals surface area (Å²) in [6.45, 7) is 5.52. The van der Waals surface area contributed by atoms with Crippen molar-refractivity contribution in [3.63, 3.8) is 0 Å². The van der Waals surface area contributed by atoms with E-state index >= 15 is 0 Å². The number of aliphatic carboxylic acids is 1. The molecule has 1 aliphatic rings. The van der Waals surface area contributed by atoms with E-state index in [1.54, 1.807) is 0 Å². The van der Waals surface area contributed by atoms with Gasteiger partial charge in [0, 0.05) is 13.1 Å². The van der Waals surface area contributed by atoms with Crippen molar-refractivity contribution in [1.82, 2.24) is 4.90 Å². The van der Waals surface area contributed by atoms with Crippen molar-refractivity contribution in [3.8, 4) is 5.75 Å². The summed E-state index contributed by atoms with van der Waals surface area (Å²) in [5.41, 5.74) is 6.74. The topological polar surface area (TPSA) is 99.6 Å². The van der Waals surface area contributed by atoms with E-state index in [0.717, 1.165) is 30.7 Å². The summed E-state index contributed by atoms with van der Waals surface area (Å²) in [5.74, 6) is 0.366. The number of hydrogen-bond donors (Lipinski definition) is 3. The number of carboxylic acid groups (broad SMARTS) is 1. The van der Waals surface area contributed by atoms with E-state index in [1.165, 1.54) is 0 Å². The molecule has 6 nitrogen and oxygen atoms in total. The molecule has 1 aromatic carbocycles. The molecule has 1 saturated carbocycles. The van der Waals surface area contributed by atoms with Crippen molar-refractivity contribution in [1.29, 1.82) is 5.41 Å². The van der Waals surface area contributed by atoms with Gasteiger partial charge in [0.1, 0.15) is 5.75 Å². The van der Waals surface area contributed by atoms with Crippen LogP contribution < -0.4 is 10.5 Å². The quantitative estimate of drug-likeness (QED) is 0.520. The molecule has 0 saturated heterocycles. The van der Waals surface area contributed by atoms with Crippen molar-refractivity contribution in [2.75, 3.05) is 6.54 Å². The molecule has 0 unspecified atom stereocenters. The molecule has 1 fully saturated rings. The number of nitrogens with zero attached hydrogens (tertiary/aromatic N) is 1. The first-order chi connectivity index (χ1) is 11.8. The summed E-state index contributed by atoms with van der Waals surface area (Å²) in [4.78, 5) is 12.9. The van der Waals surface area contributed by atoms with Crippen LogP contribution in [0.25, 0.3) is 0 Å². The SMILES string of the molecule is CC(C)CN(Cc1cccc(OC2CCC(C(=O)O)CC2)c1)C(=N)N. The van der Waals surface area contributed by atoms with Gasteiger partial charge in [-0.25, -0.2) is 0 Å². The van der Waals surface area contributed by atoms with Crippen molar-refractivity contribution in [2.45, 2.75) is 52.2 Å². The van der Waals surface area contributed by atoms with E-state index in [9.17, 15) is 4.79 Å². The average Bonchev–Trinajstić information content (AvgIpc) is 2.54. The molecule has 138 valence electrons. The van der Waals surface area contributed by atoms with Crippen molar-refractivity contribution in [3.05, 3.63) is 29.8 Å². The number of guanidine groups is 1. The van der Waals surface area contributed by atoms with Gasteiger partial charge < -0.3 is 20.5 Å². The molecule has 1 aromatic rings. The summed E-state index contributed by atoms with van der Waals surface area (Å²) < 4.78 is 6.05. The van der Waals surface area contributed by atoms with Crippen LogP contribution >= 0.6 is 0 Å². The maximum atomic E-state index is 11.0. The van der Waals surface area contributed by atoms with Gasteiger partial charge in [0.05, 0.1) is 12.0 Å². The predicted molar refractivity (Wildman–Crippen MR) is 97.6 cm³/mol. The van der Waals surface area contributed by atoms with E-state index in [-0.39, 0.29) is 18.0 Å². The van der Waals surface area contributed by atoms with Crippen LogP contribution in [0.15, 0.2) is 24.3 Å². The third kappa shape index (κ3) is 5.96. The van der Waals surface area contributed by atoms with Crippen LogP contribution in [-0.4, -0.2) is 34.6 Å². The minimum atomic E-state index is -0.699. The van der Waals surface area contributed by atoms with Gasteiger partial charge in [-0.05, 0) is 49.3 Å². The summed E-state index contributed by atoms with van der Waals surface area (Å²) in [5, 5.41) is 16.8. The van der Waals surface area contributed by atoms with Crippen LogP contribution in [0.5, 0.6) is 5.75 Å². The lowest BCUT2D eigenvalue weighted by atomic mass is 9.87. The van der Waals surface area contributed by atoms with Gasteiger partial charge in [-0.3, -0.25) is 10.2 Å². The van der Waals surface area contributed by atoms with Crippen LogP contribution in [0.1, 0.15) is 45.1 Å². The molecule has 4 N–H and O–H groups in total. The first-order valence-corrected chi connectivity index (χ1v) is 8.92. The second-order valence-corrected chi connectivity index (χ2v) is 7.24. The molecule has 1 aliphatic carbocycles. The number of rotatable bonds is 7. The Labute approximate surface area is 149 Å². The molecular formula is C19H29N3O3. The maximum absolute atomic E-state index is 11.0. The van der Waals surface area contributed by atoms with Gasteiger partial charge in [0.2, 0.25) is 0 Å². The largest absolute Gasteiger partial charge is 0.490 e. The van der Waals surface area contributed by atoms with Gasteiger partial charge in [-0.1, -0.05) is 26.0 Å². The Kier molecular flexibility index (Phi) is 6.67. The number of nitrogens with one attached hydrogen (secondary N) is 1. The Morgan fingerprint density at radius 2 is 2.04 bits per heavy atom. The number of carboxylic acids is 1. The normalized spacial score (nSPS) is 20.3. The average molecular weight is 347 g/mol. The summed E-state index contributed by atoms with van der Waals surface area (Å²) >= 11 is 0. The lowest BCUT2D eigenvalue weighted by molar-refractivity contribution is -0.143. The molecule has 0 bridgehead atoms. The van der Waals surface area contributed by atoms with Crippen LogP contribution in [-0.2, 0) is 11.3 Å². The minimum Gasteiger partial charge on any atom is -0.490 e. The molecule has 0 radical (unpaired) electrons. The third-order valence-corrected chi connectivity index (χ3v) is 4.52. The van der Waals surface area contributed by atoms with E-state index in [4.69, 9.17) is 21.0 Å². The first kappa shape index (κ1) is 19.1. The zero-order valence-electron chi connectivity index (χ0n) is 15.1. The van der Waals surface area contributed by atoms with E-state index in [0.29, 0.717) is 25.3 Å². The highest BCUT2D eigenvalue weighted by molar-refractivity contribution is 5.74. The van der Waals surface area contributed by atoms with E-state index in [2.05, 4.69) is 13.8 Å². The lowest BCUT2D eigenvalue weighted by Gasteiger charge is -2.27. The third-order valence-electron chi connectivity index (χ3n) is 4.52. The molecule has 0 aromatic heterocycles. The monoisotopic (exact) mass is 347 g/mol. The summed E-state index contributed by atoms with van der Waals surface area (Å²) in [6.07, 6.45) is 2.96. The Morgan fingerprint density at radius 1 is 1.36 bits per heavy atom. The number of carbonyl (C=O) groups is 1. The van der Waals surface area contributed by atoms with Gasteiger partial charge in [-0.15, -0.1) is 0 Å². The number of hydrogen-bond acceptors (Lipinski definition) is 3. The van der Waals surface area contributed by atoms with Gasteiger partial charge >= 0.3 is 5.97 Å². The molecule has 0 spiro atoms. The highest BCUT2D eigenvalue weighted by atomic mass is 16.5. The molecule has 2 rings (SSSR count). The second kappa shape index (κ2) is 8.74. The zero-order valence-corrected chi connectivity index (χ0v) is 15.1. The van der Waals surface area contributed by atoms with Crippen LogP contribution in [0.2, 0.25) is 0 Å². The van der Waals surface area contributed by atoms with E-state index in [1.807, 2.05) is 29.2 Å². The number of nitrogens with two attached hydrogens (primary N) is 1. The molecule has 0 amide bonds. The molecular weight excluding hydrogens is 318 g/mol. The van der Waals surface area contributed by atoms with Crippen LogP contribution in [0.3, 0.4) is 0 Å². The number of ether oxygens (including phenoxy) is 1. The zero-order chi connectivity index (χ0) is 18.4. The lowest BCUT2D eigenvalue weighted by Crippen LogP contribution is -2.38. The highest BCUT2D eigenvalue weighted by Gasteiger charge is 2.26.